The van der Waals surface area contributed by atoms with Crippen molar-refractivity contribution >= 4 is 22.4 Å². The Morgan fingerprint density at radius 2 is 2.47 bits per heavy atom. The summed E-state index contributed by atoms with van der Waals surface area (Å²) in [5.41, 5.74) is 1.64. The van der Waals surface area contributed by atoms with Gasteiger partial charge in [-0.3, -0.25) is 4.79 Å². The van der Waals surface area contributed by atoms with E-state index in [1.807, 2.05) is 12.3 Å². The van der Waals surface area contributed by atoms with Gasteiger partial charge in [0.15, 0.2) is 5.13 Å². The fraction of sp³-hybridized carbons (Fsp3) is 0.333. The van der Waals surface area contributed by atoms with Gasteiger partial charge in [0, 0.05) is 5.38 Å². The Hall–Kier alpha value is -1.96. The summed E-state index contributed by atoms with van der Waals surface area (Å²) < 4.78 is 1.28. The SMILES string of the molecule is Cc1csc(NCc2cn(CC(=O)O)nn2)n1. The fourth-order valence-corrected chi connectivity index (χ4v) is 1.92. The Morgan fingerprint density at radius 1 is 1.65 bits per heavy atom. The van der Waals surface area contributed by atoms with Gasteiger partial charge in [-0.2, -0.15) is 0 Å². The van der Waals surface area contributed by atoms with Crippen molar-refractivity contribution in [1.82, 2.24) is 20.0 Å². The molecule has 2 aromatic rings. The van der Waals surface area contributed by atoms with E-state index in [9.17, 15) is 4.79 Å². The number of nitrogens with one attached hydrogen (secondary N) is 1. The molecule has 8 heteroatoms. The third-order valence-electron chi connectivity index (χ3n) is 1.92. The predicted molar refractivity (Wildman–Crippen MR) is 61.8 cm³/mol. The fourth-order valence-electron chi connectivity index (χ4n) is 1.24. The molecule has 2 aromatic heterocycles. The molecule has 0 bridgehead atoms. The Balaban J connectivity index is 1.91. The second-order valence-electron chi connectivity index (χ2n) is 3.45. The summed E-state index contributed by atoms with van der Waals surface area (Å²) in [6, 6.07) is 0. The van der Waals surface area contributed by atoms with Crippen molar-refractivity contribution < 1.29 is 9.90 Å². The molecule has 0 aliphatic rings. The van der Waals surface area contributed by atoms with Crippen molar-refractivity contribution in [3.63, 3.8) is 0 Å². The van der Waals surface area contributed by atoms with Gasteiger partial charge in [-0.25, -0.2) is 9.67 Å². The van der Waals surface area contributed by atoms with Crippen LogP contribution in [-0.2, 0) is 17.9 Å². The molecule has 0 aromatic carbocycles. The van der Waals surface area contributed by atoms with Crippen LogP contribution in [0.15, 0.2) is 11.6 Å². The number of aromatic nitrogens is 4. The van der Waals surface area contributed by atoms with Gasteiger partial charge in [0.1, 0.15) is 12.2 Å². The smallest absolute Gasteiger partial charge is 0.325 e. The maximum atomic E-state index is 10.4. The number of carbonyl (C=O) groups is 1. The summed E-state index contributed by atoms with van der Waals surface area (Å²) in [6.45, 7) is 2.22. The van der Waals surface area contributed by atoms with Gasteiger partial charge in [0.05, 0.1) is 18.4 Å². The summed E-state index contributed by atoms with van der Waals surface area (Å²) in [6.07, 6.45) is 1.60. The molecule has 0 radical (unpaired) electrons. The summed E-state index contributed by atoms with van der Waals surface area (Å²) >= 11 is 1.51. The second kappa shape index (κ2) is 4.91. The lowest BCUT2D eigenvalue weighted by Gasteiger charge is -1.97. The largest absolute Gasteiger partial charge is 0.480 e. The number of carboxylic acid groups (broad SMARTS) is 1. The average Bonchev–Trinajstić information content (AvgIpc) is 2.84. The molecule has 0 saturated carbocycles. The van der Waals surface area contributed by atoms with Crippen molar-refractivity contribution in [3.8, 4) is 0 Å². The van der Waals surface area contributed by atoms with E-state index >= 15 is 0 Å². The highest BCUT2D eigenvalue weighted by molar-refractivity contribution is 7.13. The molecule has 0 atom stereocenters. The summed E-state index contributed by atoms with van der Waals surface area (Å²) in [5.74, 6) is -0.940. The maximum Gasteiger partial charge on any atom is 0.325 e. The minimum absolute atomic E-state index is 0.177. The Labute approximate surface area is 101 Å². The van der Waals surface area contributed by atoms with E-state index in [0.717, 1.165) is 10.8 Å². The zero-order valence-corrected chi connectivity index (χ0v) is 9.94. The van der Waals surface area contributed by atoms with Gasteiger partial charge in [-0.1, -0.05) is 5.21 Å². The molecule has 7 nitrogen and oxygen atoms in total. The topological polar surface area (TPSA) is 92.9 Å². The van der Waals surface area contributed by atoms with Crippen LogP contribution in [0.4, 0.5) is 5.13 Å². The number of aliphatic carboxylic acids is 1. The molecule has 2 rings (SSSR count). The lowest BCUT2D eigenvalue weighted by Crippen LogP contribution is -2.09. The Morgan fingerprint density at radius 3 is 3.12 bits per heavy atom. The van der Waals surface area contributed by atoms with E-state index in [1.165, 1.54) is 16.0 Å². The van der Waals surface area contributed by atoms with Gasteiger partial charge in [-0.15, -0.1) is 16.4 Å². The highest BCUT2D eigenvalue weighted by Crippen LogP contribution is 2.14. The van der Waals surface area contributed by atoms with Crippen molar-refractivity contribution in [2.45, 2.75) is 20.0 Å². The van der Waals surface area contributed by atoms with Gasteiger partial charge in [0.2, 0.25) is 0 Å². The molecular formula is C9H11N5O2S. The van der Waals surface area contributed by atoms with Crippen molar-refractivity contribution in [3.05, 3.63) is 23.0 Å². The Bertz CT molecular complexity index is 521. The van der Waals surface area contributed by atoms with Gasteiger partial charge < -0.3 is 10.4 Å². The van der Waals surface area contributed by atoms with Crippen molar-refractivity contribution in [1.29, 1.82) is 0 Å². The third kappa shape index (κ3) is 3.25. The van der Waals surface area contributed by atoms with Crippen LogP contribution in [0.2, 0.25) is 0 Å². The first-order valence-corrected chi connectivity index (χ1v) is 5.78. The van der Waals surface area contributed by atoms with Crippen LogP contribution in [0.25, 0.3) is 0 Å². The molecule has 2 heterocycles. The molecule has 0 fully saturated rings. The number of carboxylic acids is 1. The molecular weight excluding hydrogens is 242 g/mol. The number of hydrogen-bond acceptors (Lipinski definition) is 6. The van der Waals surface area contributed by atoms with E-state index in [-0.39, 0.29) is 6.54 Å². The van der Waals surface area contributed by atoms with Crippen molar-refractivity contribution in [2.75, 3.05) is 5.32 Å². The zero-order valence-electron chi connectivity index (χ0n) is 9.12. The number of thiazole rings is 1. The lowest BCUT2D eigenvalue weighted by atomic mass is 10.5. The van der Waals surface area contributed by atoms with E-state index in [1.54, 1.807) is 6.20 Å². The molecule has 0 amide bonds. The lowest BCUT2D eigenvalue weighted by molar-refractivity contribution is -0.137. The molecule has 0 unspecified atom stereocenters. The number of hydrogen-bond donors (Lipinski definition) is 2. The van der Waals surface area contributed by atoms with Crippen LogP contribution >= 0.6 is 11.3 Å². The minimum Gasteiger partial charge on any atom is -0.480 e. The van der Waals surface area contributed by atoms with Crippen LogP contribution < -0.4 is 5.32 Å². The molecule has 2 N–H and O–H groups in total. The van der Waals surface area contributed by atoms with Crippen molar-refractivity contribution in [2.24, 2.45) is 0 Å². The first kappa shape index (κ1) is 11.5. The molecule has 0 saturated heterocycles. The second-order valence-corrected chi connectivity index (χ2v) is 4.31. The summed E-state index contributed by atoms with van der Waals surface area (Å²) in [5, 5.41) is 22.0. The number of aryl methyl sites for hydroxylation is 1. The molecule has 90 valence electrons. The van der Waals surface area contributed by atoms with E-state index in [4.69, 9.17) is 5.11 Å². The van der Waals surface area contributed by atoms with E-state index < -0.39 is 5.97 Å². The number of anilines is 1. The first-order valence-electron chi connectivity index (χ1n) is 4.90. The number of rotatable bonds is 5. The standard InChI is InChI=1S/C9H11N5O2S/c1-6-5-17-9(11-6)10-2-7-3-14(13-12-7)4-8(15)16/h3,5H,2,4H2,1H3,(H,10,11)(H,15,16). The number of nitrogens with zero attached hydrogens (tertiary/aromatic N) is 4. The van der Waals surface area contributed by atoms with E-state index in [0.29, 0.717) is 12.2 Å². The van der Waals surface area contributed by atoms with Crippen LogP contribution in [0, 0.1) is 6.92 Å². The summed E-state index contributed by atoms with van der Waals surface area (Å²) in [7, 11) is 0. The quantitative estimate of drug-likeness (QED) is 0.816. The molecule has 0 spiro atoms. The first-order chi connectivity index (χ1) is 8.13. The van der Waals surface area contributed by atoms with Gasteiger partial charge in [0.25, 0.3) is 0 Å². The summed E-state index contributed by atoms with van der Waals surface area (Å²) in [4.78, 5) is 14.7. The highest BCUT2D eigenvalue weighted by atomic mass is 32.1. The van der Waals surface area contributed by atoms with E-state index in [2.05, 4.69) is 20.6 Å². The Kier molecular flexibility index (Phi) is 3.33. The van der Waals surface area contributed by atoms with Crippen LogP contribution in [-0.4, -0.2) is 31.1 Å². The zero-order chi connectivity index (χ0) is 12.3. The molecule has 0 aliphatic carbocycles. The molecule has 0 aliphatic heterocycles. The molecule has 17 heavy (non-hydrogen) atoms. The maximum absolute atomic E-state index is 10.4. The predicted octanol–water partition coefficient (Wildman–Crippen LogP) is 0.740. The van der Waals surface area contributed by atoms with Crippen LogP contribution in [0.1, 0.15) is 11.4 Å². The highest BCUT2D eigenvalue weighted by Gasteiger charge is 2.05. The van der Waals surface area contributed by atoms with Gasteiger partial charge >= 0.3 is 5.97 Å². The normalized spacial score (nSPS) is 10.4. The average molecular weight is 253 g/mol. The van der Waals surface area contributed by atoms with Gasteiger partial charge in [-0.05, 0) is 6.92 Å². The van der Waals surface area contributed by atoms with Crippen LogP contribution in [0.5, 0.6) is 0 Å². The monoisotopic (exact) mass is 253 g/mol. The third-order valence-corrected chi connectivity index (χ3v) is 2.84. The van der Waals surface area contributed by atoms with Crippen LogP contribution in [0.3, 0.4) is 0 Å². The minimum atomic E-state index is -0.940.